The third-order valence-corrected chi connectivity index (χ3v) is 8.18. The van der Waals surface area contributed by atoms with E-state index < -0.39 is 10.0 Å². The van der Waals surface area contributed by atoms with Gasteiger partial charge in [-0.2, -0.15) is 4.31 Å². The Bertz CT molecular complexity index is 1170. The highest BCUT2D eigenvalue weighted by Gasteiger charge is 2.30. The van der Waals surface area contributed by atoms with Crippen LogP contribution in [0.1, 0.15) is 22.2 Å². The lowest BCUT2D eigenvalue weighted by Gasteiger charge is -2.35. The van der Waals surface area contributed by atoms with E-state index in [1.807, 2.05) is 6.92 Å². The summed E-state index contributed by atoms with van der Waals surface area (Å²) in [6.45, 7) is 5.67. The van der Waals surface area contributed by atoms with E-state index in [4.69, 9.17) is 4.74 Å². The SMILES string of the molecule is CCOC(=O)c1sc2ncnc(N3CCN(S(=O)(=O)c4ccccc4)CC3)c2c1C. The Balaban J connectivity index is 1.59. The molecule has 0 bridgehead atoms. The number of aryl methyl sites for hydroxylation is 1. The molecule has 0 radical (unpaired) electrons. The van der Waals surface area contributed by atoms with E-state index in [1.165, 1.54) is 22.0 Å². The maximum absolute atomic E-state index is 12.9. The van der Waals surface area contributed by atoms with E-state index in [1.54, 1.807) is 37.3 Å². The Labute approximate surface area is 179 Å². The van der Waals surface area contributed by atoms with Crippen LogP contribution in [-0.4, -0.2) is 61.4 Å². The third-order valence-electron chi connectivity index (χ3n) is 5.09. The second kappa shape index (κ2) is 8.29. The number of hydrogen-bond acceptors (Lipinski definition) is 8. The van der Waals surface area contributed by atoms with Crippen molar-refractivity contribution in [2.75, 3.05) is 37.7 Å². The molecule has 0 amide bonds. The summed E-state index contributed by atoms with van der Waals surface area (Å²) in [5, 5.41) is 0.824. The maximum Gasteiger partial charge on any atom is 0.348 e. The molecule has 3 heterocycles. The van der Waals surface area contributed by atoms with Crippen LogP contribution in [0, 0.1) is 6.92 Å². The lowest BCUT2D eigenvalue weighted by Crippen LogP contribution is -2.49. The van der Waals surface area contributed by atoms with Gasteiger partial charge in [0, 0.05) is 26.2 Å². The van der Waals surface area contributed by atoms with Crippen LogP contribution in [-0.2, 0) is 14.8 Å². The summed E-state index contributed by atoms with van der Waals surface area (Å²) in [4.78, 5) is 24.6. The topological polar surface area (TPSA) is 92.7 Å². The van der Waals surface area contributed by atoms with Crippen LogP contribution in [0.15, 0.2) is 41.6 Å². The molecule has 1 aliphatic heterocycles. The summed E-state index contributed by atoms with van der Waals surface area (Å²) in [7, 11) is -3.52. The molecule has 8 nitrogen and oxygen atoms in total. The van der Waals surface area contributed by atoms with E-state index in [9.17, 15) is 13.2 Å². The molecule has 0 spiro atoms. The van der Waals surface area contributed by atoms with Crippen LogP contribution in [0.5, 0.6) is 0 Å². The monoisotopic (exact) mass is 446 g/mol. The molecule has 0 aliphatic carbocycles. The number of ether oxygens (including phenoxy) is 1. The number of sulfonamides is 1. The molecule has 0 saturated carbocycles. The highest BCUT2D eigenvalue weighted by molar-refractivity contribution is 7.89. The van der Waals surface area contributed by atoms with Crippen molar-refractivity contribution in [3.8, 4) is 0 Å². The first-order chi connectivity index (χ1) is 14.4. The molecule has 1 aliphatic rings. The average Bonchev–Trinajstić information content (AvgIpc) is 3.11. The second-order valence-corrected chi connectivity index (χ2v) is 9.80. The van der Waals surface area contributed by atoms with Crippen LogP contribution >= 0.6 is 11.3 Å². The fourth-order valence-corrected chi connectivity index (χ4v) is 6.05. The van der Waals surface area contributed by atoms with E-state index in [-0.39, 0.29) is 5.97 Å². The van der Waals surface area contributed by atoms with Crippen LogP contribution in [0.25, 0.3) is 10.2 Å². The van der Waals surface area contributed by atoms with E-state index in [0.717, 1.165) is 21.6 Å². The number of anilines is 1. The number of carbonyl (C=O) groups is 1. The fraction of sp³-hybridized carbons (Fsp3) is 0.350. The maximum atomic E-state index is 12.9. The van der Waals surface area contributed by atoms with Crippen molar-refractivity contribution in [2.45, 2.75) is 18.7 Å². The third kappa shape index (κ3) is 3.66. The minimum absolute atomic E-state index is 0.302. The van der Waals surface area contributed by atoms with Gasteiger partial charge in [0.1, 0.15) is 21.9 Å². The van der Waals surface area contributed by atoms with Crippen molar-refractivity contribution >= 4 is 43.4 Å². The molecule has 1 saturated heterocycles. The number of nitrogens with zero attached hydrogens (tertiary/aromatic N) is 4. The molecule has 10 heteroatoms. The zero-order valence-corrected chi connectivity index (χ0v) is 18.4. The Hall–Kier alpha value is -2.56. The van der Waals surface area contributed by atoms with Gasteiger partial charge in [0.25, 0.3) is 0 Å². The zero-order chi connectivity index (χ0) is 21.3. The smallest absolute Gasteiger partial charge is 0.348 e. The lowest BCUT2D eigenvalue weighted by molar-refractivity contribution is 0.0531. The largest absolute Gasteiger partial charge is 0.462 e. The molecule has 1 fully saturated rings. The molecular formula is C20H22N4O4S2. The fourth-order valence-electron chi connectivity index (χ4n) is 3.57. The zero-order valence-electron chi connectivity index (χ0n) is 16.7. The summed E-state index contributed by atoms with van der Waals surface area (Å²) in [5.74, 6) is 0.365. The van der Waals surface area contributed by atoms with Crippen LogP contribution in [0.2, 0.25) is 0 Å². The van der Waals surface area contributed by atoms with E-state index >= 15 is 0 Å². The molecule has 30 heavy (non-hydrogen) atoms. The van der Waals surface area contributed by atoms with Crippen molar-refractivity contribution in [1.82, 2.24) is 14.3 Å². The quantitative estimate of drug-likeness (QED) is 0.556. The lowest BCUT2D eigenvalue weighted by atomic mass is 10.2. The number of benzene rings is 1. The van der Waals surface area contributed by atoms with Gasteiger partial charge in [0.05, 0.1) is 16.9 Å². The summed E-state index contributed by atoms with van der Waals surface area (Å²) in [6, 6.07) is 8.47. The van der Waals surface area contributed by atoms with Crippen molar-refractivity contribution in [2.24, 2.45) is 0 Å². The molecule has 158 valence electrons. The summed E-state index contributed by atoms with van der Waals surface area (Å²) in [6.07, 6.45) is 1.48. The van der Waals surface area contributed by atoms with Gasteiger partial charge >= 0.3 is 5.97 Å². The van der Waals surface area contributed by atoms with Gasteiger partial charge < -0.3 is 9.64 Å². The number of fused-ring (bicyclic) bond motifs is 1. The normalized spacial score (nSPS) is 15.5. The molecule has 4 rings (SSSR count). The predicted octanol–water partition coefficient (Wildman–Crippen LogP) is 2.69. The summed E-state index contributed by atoms with van der Waals surface area (Å²) in [5.41, 5.74) is 0.795. The minimum atomic E-state index is -3.52. The van der Waals surface area contributed by atoms with Crippen LogP contribution in [0.3, 0.4) is 0 Å². The van der Waals surface area contributed by atoms with Crippen molar-refractivity contribution in [1.29, 1.82) is 0 Å². The molecule has 0 N–H and O–H groups in total. The van der Waals surface area contributed by atoms with E-state index in [0.29, 0.717) is 42.6 Å². The first-order valence-electron chi connectivity index (χ1n) is 9.65. The Morgan fingerprint density at radius 2 is 1.83 bits per heavy atom. The van der Waals surface area contributed by atoms with Gasteiger partial charge in [-0.05, 0) is 31.5 Å². The van der Waals surface area contributed by atoms with E-state index in [2.05, 4.69) is 14.9 Å². The Morgan fingerprint density at radius 1 is 1.13 bits per heavy atom. The minimum Gasteiger partial charge on any atom is -0.462 e. The number of thiophene rings is 1. The average molecular weight is 447 g/mol. The molecule has 0 atom stereocenters. The van der Waals surface area contributed by atoms with Crippen LogP contribution in [0.4, 0.5) is 5.82 Å². The summed E-state index contributed by atoms with van der Waals surface area (Å²) >= 11 is 1.29. The predicted molar refractivity (Wildman–Crippen MR) is 116 cm³/mol. The highest BCUT2D eigenvalue weighted by atomic mass is 32.2. The van der Waals surface area contributed by atoms with Crippen molar-refractivity contribution in [3.05, 3.63) is 47.1 Å². The molecule has 3 aromatic rings. The standard InChI is InChI=1S/C20H22N4O4S2/c1-3-28-20(25)17-14(2)16-18(21-13-22-19(16)29-17)23-9-11-24(12-10-23)30(26,27)15-7-5-4-6-8-15/h4-8,13H,3,9-12H2,1-2H3. The van der Waals surface area contributed by atoms with Crippen LogP contribution < -0.4 is 4.90 Å². The molecule has 2 aromatic heterocycles. The number of aromatic nitrogens is 2. The highest BCUT2D eigenvalue weighted by Crippen LogP contribution is 2.35. The van der Waals surface area contributed by atoms with Gasteiger partial charge in [-0.25, -0.2) is 23.2 Å². The number of esters is 1. The number of rotatable bonds is 5. The summed E-state index contributed by atoms with van der Waals surface area (Å²) < 4.78 is 32.4. The van der Waals surface area contributed by atoms with Crippen molar-refractivity contribution < 1.29 is 17.9 Å². The van der Waals surface area contributed by atoms with Gasteiger partial charge in [-0.1, -0.05) is 18.2 Å². The number of hydrogen-bond donors (Lipinski definition) is 0. The second-order valence-electron chi connectivity index (χ2n) is 6.86. The van der Waals surface area contributed by atoms with Gasteiger partial charge in [-0.15, -0.1) is 11.3 Å². The van der Waals surface area contributed by atoms with Gasteiger partial charge in [0.15, 0.2) is 0 Å². The Kier molecular flexibility index (Phi) is 5.72. The first-order valence-corrected chi connectivity index (χ1v) is 11.9. The Morgan fingerprint density at radius 3 is 2.50 bits per heavy atom. The number of carbonyl (C=O) groups excluding carboxylic acids is 1. The molecular weight excluding hydrogens is 424 g/mol. The first kappa shape index (κ1) is 20.7. The molecule has 1 aromatic carbocycles. The number of piperazine rings is 1. The molecule has 0 unspecified atom stereocenters. The van der Waals surface area contributed by atoms with Gasteiger partial charge in [-0.3, -0.25) is 0 Å². The van der Waals surface area contributed by atoms with Crippen molar-refractivity contribution in [3.63, 3.8) is 0 Å². The van der Waals surface area contributed by atoms with Gasteiger partial charge in [0.2, 0.25) is 10.0 Å².